The molecule has 0 aliphatic heterocycles. The van der Waals surface area contributed by atoms with E-state index in [4.69, 9.17) is 11.5 Å². The highest BCUT2D eigenvalue weighted by Gasteiger charge is 2.17. The molecule has 2 amide bonds. The molecule has 2 atom stereocenters. The highest BCUT2D eigenvalue weighted by atomic mass is 32.1. The summed E-state index contributed by atoms with van der Waals surface area (Å²) in [7, 11) is 0. The zero-order valence-electron chi connectivity index (χ0n) is 8.10. The smallest absolute Gasteiger partial charge is 0.238 e. The molecule has 0 heterocycles. The van der Waals surface area contributed by atoms with Crippen LogP contribution >= 0.6 is 12.6 Å². The van der Waals surface area contributed by atoms with E-state index in [0.29, 0.717) is 0 Å². The average molecular weight is 232 g/mol. The Kier molecular flexibility index (Phi) is 6.72. The lowest BCUT2D eigenvalue weighted by atomic mass is 10.1. The standard InChI is InChI=1S/C8H14N3O3S/c9-6(4-15)8(14)11-5(3-12)1-2-7(10)13/h5-6,15H,1-2,4,9H2,(H2,10,13)(H,11,14)/t5-,6-/m0/s1. The minimum absolute atomic E-state index is 0.0102. The second-order valence-corrected chi connectivity index (χ2v) is 3.34. The van der Waals surface area contributed by atoms with Crippen molar-refractivity contribution >= 4 is 30.7 Å². The Hall–Kier alpha value is -1.08. The molecule has 0 bridgehead atoms. The van der Waals surface area contributed by atoms with Gasteiger partial charge in [-0.3, -0.25) is 14.4 Å². The van der Waals surface area contributed by atoms with Gasteiger partial charge in [-0.05, 0) is 6.42 Å². The van der Waals surface area contributed by atoms with E-state index in [1.54, 1.807) is 6.29 Å². The third-order valence-corrected chi connectivity index (χ3v) is 2.07. The van der Waals surface area contributed by atoms with Crippen LogP contribution in [0.15, 0.2) is 0 Å². The number of primary amides is 1. The van der Waals surface area contributed by atoms with E-state index >= 15 is 0 Å². The lowest BCUT2D eigenvalue weighted by Gasteiger charge is -2.14. The van der Waals surface area contributed by atoms with Crippen LogP contribution in [-0.4, -0.2) is 35.9 Å². The zero-order valence-corrected chi connectivity index (χ0v) is 9.00. The number of thiol groups is 1. The Balaban J connectivity index is 4.03. The van der Waals surface area contributed by atoms with Crippen LogP contribution in [0.3, 0.4) is 0 Å². The van der Waals surface area contributed by atoms with Crippen LogP contribution in [0.5, 0.6) is 0 Å². The van der Waals surface area contributed by atoms with Crippen molar-refractivity contribution in [1.29, 1.82) is 0 Å². The molecule has 6 nitrogen and oxygen atoms in total. The van der Waals surface area contributed by atoms with Crippen molar-refractivity contribution in [3.63, 3.8) is 0 Å². The molecular formula is C8H14N3O3S. The van der Waals surface area contributed by atoms with Crippen LogP contribution in [0, 0.1) is 0 Å². The Morgan fingerprint density at radius 1 is 1.47 bits per heavy atom. The molecule has 0 rings (SSSR count). The lowest BCUT2D eigenvalue weighted by molar-refractivity contribution is -0.123. The molecule has 0 aromatic carbocycles. The fraction of sp³-hybridized carbons (Fsp3) is 0.625. The molecule has 15 heavy (non-hydrogen) atoms. The van der Waals surface area contributed by atoms with E-state index in [1.165, 1.54) is 0 Å². The van der Waals surface area contributed by atoms with Crippen molar-refractivity contribution in [1.82, 2.24) is 5.32 Å². The van der Waals surface area contributed by atoms with Gasteiger partial charge in [0.25, 0.3) is 0 Å². The molecule has 0 spiro atoms. The van der Waals surface area contributed by atoms with Crippen LogP contribution < -0.4 is 16.8 Å². The van der Waals surface area contributed by atoms with Gasteiger partial charge in [0.2, 0.25) is 18.1 Å². The molecule has 0 saturated heterocycles. The van der Waals surface area contributed by atoms with E-state index in [1.807, 2.05) is 0 Å². The van der Waals surface area contributed by atoms with Gasteiger partial charge in [-0.1, -0.05) is 0 Å². The van der Waals surface area contributed by atoms with Crippen LogP contribution in [0.1, 0.15) is 12.8 Å². The molecule has 1 radical (unpaired) electrons. The van der Waals surface area contributed by atoms with Crippen molar-refractivity contribution in [3.8, 4) is 0 Å². The fourth-order valence-corrected chi connectivity index (χ4v) is 0.975. The van der Waals surface area contributed by atoms with E-state index in [9.17, 15) is 14.4 Å². The molecule has 0 aromatic rings. The SMILES string of the molecule is NC(=O)CC[C@@H]([C]=O)NC(=O)[C@@H](N)CS. The Labute approximate surface area is 93.2 Å². The van der Waals surface area contributed by atoms with Crippen molar-refractivity contribution in [2.75, 3.05) is 5.75 Å². The average Bonchev–Trinajstić information content (AvgIpc) is 2.22. The molecule has 0 aliphatic carbocycles. The summed E-state index contributed by atoms with van der Waals surface area (Å²) in [5.41, 5.74) is 10.3. The fourth-order valence-electron chi connectivity index (χ4n) is 0.809. The first-order chi connectivity index (χ1) is 7.01. The van der Waals surface area contributed by atoms with E-state index in [-0.39, 0.29) is 18.6 Å². The Morgan fingerprint density at radius 2 is 2.07 bits per heavy atom. The Morgan fingerprint density at radius 3 is 2.47 bits per heavy atom. The maximum atomic E-state index is 11.2. The summed E-state index contributed by atoms with van der Waals surface area (Å²) in [6, 6.07) is -1.63. The van der Waals surface area contributed by atoms with Gasteiger partial charge in [-0.15, -0.1) is 0 Å². The predicted molar refractivity (Wildman–Crippen MR) is 57.9 cm³/mol. The topological polar surface area (TPSA) is 115 Å². The second kappa shape index (κ2) is 7.24. The third kappa shape index (κ3) is 6.08. The van der Waals surface area contributed by atoms with Crippen molar-refractivity contribution in [2.24, 2.45) is 11.5 Å². The summed E-state index contributed by atoms with van der Waals surface area (Å²) in [6.45, 7) is 0. The first-order valence-electron chi connectivity index (χ1n) is 4.34. The molecule has 0 unspecified atom stereocenters. The molecule has 85 valence electrons. The van der Waals surface area contributed by atoms with Gasteiger partial charge >= 0.3 is 0 Å². The third-order valence-electron chi connectivity index (χ3n) is 1.67. The van der Waals surface area contributed by atoms with Crippen molar-refractivity contribution in [3.05, 3.63) is 0 Å². The maximum Gasteiger partial charge on any atom is 0.238 e. The molecule has 0 aromatic heterocycles. The van der Waals surface area contributed by atoms with Gasteiger partial charge in [0.15, 0.2) is 0 Å². The number of nitrogens with one attached hydrogen (secondary N) is 1. The van der Waals surface area contributed by atoms with Gasteiger partial charge in [0.1, 0.15) is 0 Å². The quantitative estimate of drug-likeness (QED) is 0.384. The summed E-state index contributed by atoms with van der Waals surface area (Å²) in [6.07, 6.45) is 1.74. The minimum Gasteiger partial charge on any atom is -0.370 e. The van der Waals surface area contributed by atoms with Crippen molar-refractivity contribution < 1.29 is 14.4 Å². The first-order valence-corrected chi connectivity index (χ1v) is 4.97. The van der Waals surface area contributed by atoms with Gasteiger partial charge in [-0.25, -0.2) is 0 Å². The molecular weight excluding hydrogens is 218 g/mol. The highest BCUT2D eigenvalue weighted by molar-refractivity contribution is 7.80. The van der Waals surface area contributed by atoms with Crippen LogP contribution in [0.4, 0.5) is 0 Å². The molecule has 0 aliphatic rings. The number of carbonyl (C=O) groups is 2. The van der Waals surface area contributed by atoms with Gasteiger partial charge in [0.05, 0.1) is 12.1 Å². The number of hydrogen-bond acceptors (Lipinski definition) is 5. The molecule has 0 saturated carbocycles. The summed E-state index contributed by atoms with van der Waals surface area (Å²) in [5.74, 6) is -0.862. The molecule has 5 N–H and O–H groups in total. The summed E-state index contributed by atoms with van der Waals surface area (Å²) in [4.78, 5) is 32.1. The number of nitrogens with two attached hydrogens (primary N) is 2. The molecule has 7 heteroatoms. The largest absolute Gasteiger partial charge is 0.370 e. The van der Waals surface area contributed by atoms with Gasteiger partial charge in [-0.2, -0.15) is 12.6 Å². The van der Waals surface area contributed by atoms with E-state index < -0.39 is 23.9 Å². The van der Waals surface area contributed by atoms with E-state index in [2.05, 4.69) is 17.9 Å². The van der Waals surface area contributed by atoms with Crippen molar-refractivity contribution in [2.45, 2.75) is 24.9 Å². The second-order valence-electron chi connectivity index (χ2n) is 2.97. The minimum atomic E-state index is -0.851. The highest BCUT2D eigenvalue weighted by Crippen LogP contribution is 1.95. The number of amides is 2. The number of hydrogen-bond donors (Lipinski definition) is 4. The normalized spacial score (nSPS) is 14.0. The predicted octanol–water partition coefficient (Wildman–Crippen LogP) is -1.90. The first kappa shape index (κ1) is 13.9. The summed E-state index contributed by atoms with van der Waals surface area (Å²) < 4.78 is 0. The van der Waals surface area contributed by atoms with Crippen LogP contribution in [-0.2, 0) is 14.4 Å². The summed E-state index contributed by atoms with van der Waals surface area (Å²) in [5, 5.41) is 2.33. The van der Waals surface area contributed by atoms with Gasteiger partial charge < -0.3 is 16.8 Å². The monoisotopic (exact) mass is 232 g/mol. The summed E-state index contributed by atoms with van der Waals surface area (Å²) >= 11 is 3.83. The lowest BCUT2D eigenvalue weighted by Crippen LogP contribution is -2.47. The van der Waals surface area contributed by atoms with Gasteiger partial charge in [0, 0.05) is 12.2 Å². The van der Waals surface area contributed by atoms with E-state index in [0.717, 1.165) is 0 Å². The molecule has 0 fully saturated rings. The zero-order chi connectivity index (χ0) is 11.8. The number of rotatable bonds is 7. The Bertz CT molecular complexity index is 247. The van der Waals surface area contributed by atoms with Crippen LogP contribution in [0.2, 0.25) is 0 Å². The number of carbonyl (C=O) groups excluding carboxylic acids is 3. The maximum absolute atomic E-state index is 11.2. The van der Waals surface area contributed by atoms with Crippen LogP contribution in [0.25, 0.3) is 0 Å².